The van der Waals surface area contributed by atoms with E-state index in [9.17, 15) is 10.1 Å². The van der Waals surface area contributed by atoms with Gasteiger partial charge in [-0.15, -0.1) is 0 Å². The van der Waals surface area contributed by atoms with Crippen LogP contribution in [0, 0.1) is 11.3 Å². The van der Waals surface area contributed by atoms with Crippen molar-refractivity contribution >= 4 is 29.2 Å². The monoisotopic (exact) mass is 397 g/mol. The van der Waals surface area contributed by atoms with Crippen LogP contribution in [0.4, 0.5) is 0 Å². The lowest BCUT2D eigenvalue weighted by Gasteiger charge is -2.12. The van der Waals surface area contributed by atoms with Gasteiger partial charge in [0.15, 0.2) is 11.5 Å². The van der Waals surface area contributed by atoms with E-state index in [-0.39, 0.29) is 12.2 Å². The summed E-state index contributed by atoms with van der Waals surface area (Å²) in [4.78, 5) is 12.3. The fraction of sp³-hybridized carbons (Fsp3) is 0.182. The fourth-order valence-electron chi connectivity index (χ4n) is 2.54. The second kappa shape index (κ2) is 10.2. The first kappa shape index (κ1) is 21.1. The molecule has 0 saturated carbocycles. The Hall–Kier alpha value is -3.23. The Balaban J connectivity index is 2.62. The number of rotatable bonds is 7. The quantitative estimate of drug-likeness (QED) is 0.287. The summed E-state index contributed by atoms with van der Waals surface area (Å²) in [6, 6.07) is 14.3. The molecule has 0 unspecified atom stereocenters. The van der Waals surface area contributed by atoms with Gasteiger partial charge in [0.2, 0.25) is 0 Å². The summed E-state index contributed by atoms with van der Waals surface area (Å²) in [7, 11) is 3.05. The zero-order valence-corrected chi connectivity index (χ0v) is 16.6. The van der Waals surface area contributed by atoms with Gasteiger partial charge < -0.3 is 14.2 Å². The van der Waals surface area contributed by atoms with Crippen LogP contribution in [0.25, 0.3) is 11.6 Å². The van der Waals surface area contributed by atoms with E-state index in [1.807, 2.05) is 18.2 Å². The van der Waals surface area contributed by atoms with Gasteiger partial charge in [-0.1, -0.05) is 42.0 Å². The van der Waals surface area contributed by atoms with E-state index in [1.54, 1.807) is 49.4 Å². The average Bonchev–Trinajstić information content (AvgIpc) is 2.70. The summed E-state index contributed by atoms with van der Waals surface area (Å²) in [5, 5.41) is 10.2. The number of ether oxygens (including phenoxy) is 3. The number of hydrogen-bond acceptors (Lipinski definition) is 5. The number of carbonyl (C=O) groups is 1. The highest BCUT2D eigenvalue weighted by molar-refractivity contribution is 6.30. The summed E-state index contributed by atoms with van der Waals surface area (Å²) in [5.74, 6) is 0.333. The van der Waals surface area contributed by atoms with Crippen LogP contribution in [-0.4, -0.2) is 26.8 Å². The third-order valence-electron chi connectivity index (χ3n) is 3.85. The number of nitrogens with zero attached hydrogens (tertiary/aromatic N) is 1. The Kier molecular flexibility index (Phi) is 7.67. The Morgan fingerprint density at radius 3 is 2.50 bits per heavy atom. The molecule has 6 heteroatoms. The minimum absolute atomic E-state index is 0.104. The number of hydrogen-bond donors (Lipinski definition) is 0. The van der Waals surface area contributed by atoms with Crippen LogP contribution >= 0.6 is 11.6 Å². The zero-order chi connectivity index (χ0) is 20.5. The van der Waals surface area contributed by atoms with Crippen LogP contribution in [0.5, 0.6) is 11.5 Å². The molecule has 0 aliphatic rings. The molecule has 2 aromatic rings. The van der Waals surface area contributed by atoms with Crippen LogP contribution in [0.3, 0.4) is 0 Å². The molecular formula is C22H20ClNO4. The molecule has 0 aliphatic heterocycles. The van der Waals surface area contributed by atoms with Crippen molar-refractivity contribution in [2.24, 2.45) is 0 Å². The zero-order valence-electron chi connectivity index (χ0n) is 15.9. The van der Waals surface area contributed by atoms with Crippen molar-refractivity contribution < 1.29 is 19.0 Å². The van der Waals surface area contributed by atoms with Crippen LogP contribution in [-0.2, 0) is 9.53 Å². The predicted octanol–water partition coefficient (Wildman–Crippen LogP) is 4.91. The first-order chi connectivity index (χ1) is 13.5. The molecule has 2 aromatic carbocycles. The Labute approximate surface area is 169 Å². The van der Waals surface area contributed by atoms with Gasteiger partial charge in [0.25, 0.3) is 0 Å². The van der Waals surface area contributed by atoms with E-state index in [2.05, 4.69) is 0 Å². The Morgan fingerprint density at radius 2 is 1.89 bits per heavy atom. The van der Waals surface area contributed by atoms with E-state index in [1.165, 1.54) is 14.2 Å². The Morgan fingerprint density at radius 1 is 1.14 bits per heavy atom. The molecule has 0 aliphatic carbocycles. The lowest BCUT2D eigenvalue weighted by atomic mass is 9.98. The van der Waals surface area contributed by atoms with E-state index < -0.39 is 5.97 Å². The average molecular weight is 398 g/mol. The van der Waals surface area contributed by atoms with Crippen LogP contribution in [0.1, 0.15) is 18.1 Å². The SMILES string of the molecule is CCOC(=O)/C(C#N)=C(/C=C/c1cccc(Cl)c1)c1ccc(OC)c(OC)c1. The van der Waals surface area contributed by atoms with Gasteiger partial charge in [0, 0.05) is 10.6 Å². The molecule has 2 rings (SSSR count). The lowest BCUT2D eigenvalue weighted by Crippen LogP contribution is -2.08. The van der Waals surface area contributed by atoms with Gasteiger partial charge in [-0.05, 0) is 42.3 Å². The van der Waals surface area contributed by atoms with Gasteiger partial charge in [-0.25, -0.2) is 4.79 Å². The maximum Gasteiger partial charge on any atom is 0.349 e. The number of methoxy groups -OCH3 is 2. The van der Waals surface area contributed by atoms with Crippen molar-refractivity contribution in [3.05, 3.63) is 70.3 Å². The molecular weight excluding hydrogens is 378 g/mol. The molecule has 0 bridgehead atoms. The maximum absolute atomic E-state index is 12.3. The highest BCUT2D eigenvalue weighted by atomic mass is 35.5. The largest absolute Gasteiger partial charge is 0.493 e. The number of allylic oxidation sites excluding steroid dienone is 2. The molecule has 0 heterocycles. The van der Waals surface area contributed by atoms with Crippen LogP contribution in [0.2, 0.25) is 5.02 Å². The van der Waals surface area contributed by atoms with Gasteiger partial charge in [0.1, 0.15) is 11.6 Å². The number of benzene rings is 2. The fourth-order valence-corrected chi connectivity index (χ4v) is 2.74. The standard InChI is InChI=1S/C22H20ClNO4/c1-4-28-22(25)19(14-24)18(10-8-15-6-5-7-17(23)12-15)16-9-11-20(26-2)21(13-16)27-3/h5-13H,4H2,1-3H3/b10-8+,19-18-. The molecule has 5 nitrogen and oxygen atoms in total. The number of carbonyl (C=O) groups excluding carboxylic acids is 1. The Bertz CT molecular complexity index is 957. The molecule has 0 radical (unpaired) electrons. The molecule has 0 spiro atoms. The number of esters is 1. The summed E-state index contributed by atoms with van der Waals surface area (Å²) in [6.07, 6.45) is 3.46. The molecule has 0 N–H and O–H groups in total. The summed E-state index contributed by atoms with van der Waals surface area (Å²) >= 11 is 6.03. The highest BCUT2D eigenvalue weighted by Gasteiger charge is 2.18. The molecule has 0 fully saturated rings. The second-order valence-corrected chi connectivity index (χ2v) is 6.02. The molecule has 144 valence electrons. The van der Waals surface area contributed by atoms with E-state index >= 15 is 0 Å². The van der Waals surface area contributed by atoms with Gasteiger partial charge in [-0.2, -0.15) is 5.26 Å². The van der Waals surface area contributed by atoms with E-state index in [0.29, 0.717) is 27.7 Å². The third-order valence-corrected chi connectivity index (χ3v) is 4.08. The minimum Gasteiger partial charge on any atom is -0.493 e. The lowest BCUT2D eigenvalue weighted by molar-refractivity contribution is -0.137. The van der Waals surface area contributed by atoms with Gasteiger partial charge >= 0.3 is 5.97 Å². The molecule has 0 amide bonds. The second-order valence-electron chi connectivity index (χ2n) is 5.58. The first-order valence-electron chi connectivity index (χ1n) is 8.51. The van der Waals surface area contributed by atoms with Crippen molar-refractivity contribution in [3.8, 4) is 17.6 Å². The van der Waals surface area contributed by atoms with E-state index in [4.69, 9.17) is 25.8 Å². The van der Waals surface area contributed by atoms with Crippen molar-refractivity contribution in [1.82, 2.24) is 0 Å². The van der Waals surface area contributed by atoms with E-state index in [0.717, 1.165) is 5.56 Å². The van der Waals surface area contributed by atoms with Gasteiger partial charge in [-0.3, -0.25) is 0 Å². The smallest absolute Gasteiger partial charge is 0.349 e. The topological polar surface area (TPSA) is 68.6 Å². The van der Waals surface area contributed by atoms with Crippen molar-refractivity contribution in [3.63, 3.8) is 0 Å². The predicted molar refractivity (Wildman–Crippen MR) is 109 cm³/mol. The normalized spacial score (nSPS) is 11.5. The van der Waals surface area contributed by atoms with Crippen molar-refractivity contribution in [2.75, 3.05) is 20.8 Å². The van der Waals surface area contributed by atoms with Crippen molar-refractivity contribution in [1.29, 1.82) is 5.26 Å². The molecule has 0 saturated heterocycles. The summed E-state index contributed by atoms with van der Waals surface area (Å²) in [6.45, 7) is 1.85. The van der Waals surface area contributed by atoms with Crippen molar-refractivity contribution in [2.45, 2.75) is 6.92 Å². The first-order valence-corrected chi connectivity index (χ1v) is 8.89. The number of halogens is 1. The summed E-state index contributed by atoms with van der Waals surface area (Å²) in [5.41, 5.74) is 1.74. The highest BCUT2D eigenvalue weighted by Crippen LogP contribution is 2.32. The van der Waals surface area contributed by atoms with Crippen LogP contribution < -0.4 is 9.47 Å². The van der Waals surface area contributed by atoms with Crippen LogP contribution in [0.15, 0.2) is 54.1 Å². The third kappa shape index (κ3) is 5.15. The van der Waals surface area contributed by atoms with Gasteiger partial charge in [0.05, 0.1) is 20.8 Å². The minimum atomic E-state index is -0.689. The molecule has 0 atom stereocenters. The molecule has 0 aromatic heterocycles. The maximum atomic E-state index is 12.3. The number of nitriles is 1. The molecule has 28 heavy (non-hydrogen) atoms. The summed E-state index contributed by atoms with van der Waals surface area (Å²) < 4.78 is 15.6.